The highest BCUT2D eigenvalue weighted by Crippen LogP contribution is 2.22. The Labute approximate surface area is 122 Å². The van der Waals surface area contributed by atoms with Gasteiger partial charge in [-0.2, -0.15) is 0 Å². The molecule has 0 aliphatic carbocycles. The molecular formula is C15H29N5. The van der Waals surface area contributed by atoms with Gasteiger partial charge in [0.2, 0.25) is 0 Å². The van der Waals surface area contributed by atoms with E-state index in [1.165, 1.54) is 38.9 Å². The van der Waals surface area contributed by atoms with Gasteiger partial charge < -0.3 is 9.80 Å². The number of nitrogens with zero attached hydrogens (tertiary/aromatic N) is 5. The molecule has 0 amide bonds. The zero-order valence-corrected chi connectivity index (χ0v) is 13.4. The Hall–Kier alpha value is -0.940. The van der Waals surface area contributed by atoms with Crippen LogP contribution in [0.1, 0.15) is 44.8 Å². The number of aromatic nitrogens is 3. The number of hydrogen-bond donors (Lipinski definition) is 0. The lowest BCUT2D eigenvalue weighted by Gasteiger charge is -2.33. The van der Waals surface area contributed by atoms with Gasteiger partial charge in [0, 0.05) is 26.2 Å². The molecule has 20 heavy (non-hydrogen) atoms. The van der Waals surface area contributed by atoms with Crippen LogP contribution in [0.2, 0.25) is 0 Å². The van der Waals surface area contributed by atoms with Crippen LogP contribution in [-0.2, 0) is 6.54 Å². The molecule has 0 spiro atoms. The average molecular weight is 279 g/mol. The van der Waals surface area contributed by atoms with Gasteiger partial charge in [-0.25, -0.2) is 4.68 Å². The molecule has 5 nitrogen and oxygen atoms in total. The van der Waals surface area contributed by atoms with Crippen LogP contribution in [0.15, 0.2) is 6.20 Å². The van der Waals surface area contributed by atoms with Gasteiger partial charge in [0.25, 0.3) is 0 Å². The van der Waals surface area contributed by atoms with Crippen molar-refractivity contribution < 1.29 is 0 Å². The standard InChI is InChI=1S/C15H29N5/c1-5-13(2)10-19-8-6-15(7-9-19)20-12-14(16-17-20)11-18(3)4/h12-13,15H,5-11H2,1-4H3. The fraction of sp³-hybridized carbons (Fsp3) is 0.867. The van der Waals surface area contributed by atoms with Gasteiger partial charge in [-0.15, -0.1) is 5.10 Å². The highest BCUT2D eigenvalue weighted by atomic mass is 15.4. The van der Waals surface area contributed by atoms with E-state index in [1.807, 2.05) is 0 Å². The van der Waals surface area contributed by atoms with Crippen LogP contribution in [0.3, 0.4) is 0 Å². The second-order valence-corrected chi connectivity index (χ2v) is 6.47. The molecule has 0 N–H and O–H groups in total. The summed E-state index contributed by atoms with van der Waals surface area (Å²) in [5.74, 6) is 0.810. The van der Waals surface area contributed by atoms with Crippen molar-refractivity contribution in [1.29, 1.82) is 0 Å². The highest BCUT2D eigenvalue weighted by molar-refractivity contribution is 4.93. The summed E-state index contributed by atoms with van der Waals surface area (Å²) < 4.78 is 2.08. The van der Waals surface area contributed by atoms with Crippen molar-refractivity contribution in [2.45, 2.75) is 45.7 Å². The van der Waals surface area contributed by atoms with Crippen molar-refractivity contribution in [3.8, 4) is 0 Å². The Morgan fingerprint density at radius 2 is 2.05 bits per heavy atom. The molecule has 0 aromatic carbocycles. The van der Waals surface area contributed by atoms with Crippen molar-refractivity contribution in [3.63, 3.8) is 0 Å². The average Bonchev–Trinajstić information content (AvgIpc) is 2.87. The van der Waals surface area contributed by atoms with Crippen molar-refractivity contribution in [3.05, 3.63) is 11.9 Å². The molecule has 1 aromatic rings. The van der Waals surface area contributed by atoms with E-state index in [2.05, 4.69) is 58.9 Å². The van der Waals surface area contributed by atoms with E-state index in [4.69, 9.17) is 0 Å². The lowest BCUT2D eigenvalue weighted by molar-refractivity contribution is 0.159. The van der Waals surface area contributed by atoms with Crippen LogP contribution in [0.25, 0.3) is 0 Å². The molecule has 0 saturated carbocycles. The van der Waals surface area contributed by atoms with Crippen LogP contribution in [0.4, 0.5) is 0 Å². The second-order valence-electron chi connectivity index (χ2n) is 6.47. The van der Waals surface area contributed by atoms with Crippen molar-refractivity contribution in [2.75, 3.05) is 33.7 Å². The van der Waals surface area contributed by atoms with Gasteiger partial charge >= 0.3 is 0 Å². The molecule has 0 radical (unpaired) electrons. The Bertz CT molecular complexity index is 393. The summed E-state index contributed by atoms with van der Waals surface area (Å²) in [6.45, 7) is 9.12. The fourth-order valence-corrected chi connectivity index (χ4v) is 2.82. The molecule has 0 bridgehead atoms. The molecule has 5 heteroatoms. The first-order valence-electron chi connectivity index (χ1n) is 7.86. The predicted molar refractivity (Wildman–Crippen MR) is 81.6 cm³/mol. The third-order valence-corrected chi connectivity index (χ3v) is 4.23. The third-order valence-electron chi connectivity index (χ3n) is 4.23. The first-order valence-corrected chi connectivity index (χ1v) is 7.86. The van der Waals surface area contributed by atoms with Gasteiger partial charge in [-0.3, -0.25) is 0 Å². The summed E-state index contributed by atoms with van der Waals surface area (Å²) in [5.41, 5.74) is 1.07. The zero-order chi connectivity index (χ0) is 14.5. The predicted octanol–water partition coefficient (Wildman–Crippen LogP) is 2.02. The van der Waals surface area contributed by atoms with E-state index < -0.39 is 0 Å². The lowest BCUT2D eigenvalue weighted by Crippen LogP contribution is -2.37. The smallest absolute Gasteiger partial charge is 0.0967 e. The third kappa shape index (κ3) is 4.28. The van der Waals surface area contributed by atoms with Crippen LogP contribution in [0, 0.1) is 5.92 Å². The normalized spacial score (nSPS) is 19.6. The topological polar surface area (TPSA) is 37.2 Å². The maximum atomic E-state index is 4.32. The maximum Gasteiger partial charge on any atom is 0.0967 e. The molecule has 1 aliphatic rings. The highest BCUT2D eigenvalue weighted by Gasteiger charge is 2.22. The Kier molecular flexibility index (Phi) is 5.54. The SMILES string of the molecule is CCC(C)CN1CCC(n2cc(CN(C)C)nn2)CC1. The van der Waals surface area contributed by atoms with Crippen LogP contribution < -0.4 is 0 Å². The first-order chi connectivity index (χ1) is 9.58. The monoisotopic (exact) mass is 279 g/mol. The van der Waals surface area contributed by atoms with E-state index in [1.54, 1.807) is 0 Å². The van der Waals surface area contributed by atoms with Crippen molar-refractivity contribution in [1.82, 2.24) is 24.8 Å². The zero-order valence-electron chi connectivity index (χ0n) is 13.4. The Balaban J connectivity index is 1.82. The lowest BCUT2D eigenvalue weighted by atomic mass is 10.0. The van der Waals surface area contributed by atoms with Gasteiger partial charge in [-0.05, 0) is 32.9 Å². The quantitative estimate of drug-likeness (QED) is 0.798. The Morgan fingerprint density at radius 1 is 1.35 bits per heavy atom. The van der Waals surface area contributed by atoms with E-state index in [9.17, 15) is 0 Å². The van der Waals surface area contributed by atoms with Gasteiger partial charge in [0.15, 0.2) is 0 Å². The summed E-state index contributed by atoms with van der Waals surface area (Å²) >= 11 is 0. The number of piperidine rings is 1. The minimum atomic E-state index is 0.534. The fourth-order valence-electron chi connectivity index (χ4n) is 2.82. The summed E-state index contributed by atoms with van der Waals surface area (Å²) in [5, 5.41) is 8.59. The maximum absolute atomic E-state index is 4.32. The number of rotatable bonds is 6. The van der Waals surface area contributed by atoms with Gasteiger partial charge in [-0.1, -0.05) is 25.5 Å². The summed E-state index contributed by atoms with van der Waals surface area (Å²) in [6, 6.07) is 0.534. The van der Waals surface area contributed by atoms with E-state index in [0.29, 0.717) is 6.04 Å². The minimum absolute atomic E-state index is 0.534. The molecule has 2 rings (SSSR count). The minimum Gasteiger partial charge on any atom is -0.303 e. The number of likely N-dealkylation sites (tertiary alicyclic amines) is 1. The molecule has 1 saturated heterocycles. The first kappa shape index (κ1) is 15.4. The molecule has 1 aliphatic heterocycles. The van der Waals surface area contributed by atoms with Crippen LogP contribution in [-0.4, -0.2) is 58.5 Å². The van der Waals surface area contributed by atoms with Crippen molar-refractivity contribution in [2.24, 2.45) is 5.92 Å². The Morgan fingerprint density at radius 3 is 2.65 bits per heavy atom. The van der Waals surface area contributed by atoms with Crippen LogP contribution in [0.5, 0.6) is 0 Å². The summed E-state index contributed by atoms with van der Waals surface area (Å²) in [7, 11) is 4.12. The van der Waals surface area contributed by atoms with Gasteiger partial charge in [0.05, 0.1) is 17.9 Å². The molecule has 1 atom stereocenters. The van der Waals surface area contributed by atoms with Gasteiger partial charge in [0.1, 0.15) is 0 Å². The second kappa shape index (κ2) is 7.18. The van der Waals surface area contributed by atoms with E-state index in [-0.39, 0.29) is 0 Å². The van der Waals surface area contributed by atoms with Crippen molar-refractivity contribution >= 4 is 0 Å². The molecule has 2 heterocycles. The summed E-state index contributed by atoms with van der Waals surface area (Å²) in [6.07, 6.45) is 5.79. The van der Waals surface area contributed by atoms with E-state index in [0.717, 1.165) is 18.2 Å². The largest absolute Gasteiger partial charge is 0.303 e. The summed E-state index contributed by atoms with van der Waals surface area (Å²) in [4.78, 5) is 4.73. The number of hydrogen-bond acceptors (Lipinski definition) is 4. The molecule has 1 fully saturated rings. The van der Waals surface area contributed by atoms with Crippen LogP contribution >= 0.6 is 0 Å². The molecular weight excluding hydrogens is 250 g/mol. The molecule has 114 valence electrons. The van der Waals surface area contributed by atoms with E-state index >= 15 is 0 Å². The molecule has 1 unspecified atom stereocenters. The molecule has 1 aromatic heterocycles.